The molecule has 0 aromatic carbocycles. The number of aliphatic carboxylic acids is 1. The second kappa shape index (κ2) is 10.1. The van der Waals surface area contributed by atoms with Gasteiger partial charge < -0.3 is 9.84 Å². The molecule has 0 aliphatic heterocycles. The van der Waals surface area contributed by atoms with E-state index in [1.165, 1.54) is 5.57 Å². The summed E-state index contributed by atoms with van der Waals surface area (Å²) in [6.07, 6.45) is 4.27. The Morgan fingerprint density at radius 3 is 2.53 bits per heavy atom. The standard InChI is InChI=1S/C14H24O3/c1-4-7-12(6-3)13(8-5-2)11-17-10-9-14(15)16/h13H,3-5,7-11H2,1-2H3,(H,15,16). The maximum atomic E-state index is 10.4. The van der Waals surface area contributed by atoms with Gasteiger partial charge in [-0.3, -0.25) is 4.79 Å². The van der Waals surface area contributed by atoms with Crippen molar-refractivity contribution in [2.24, 2.45) is 5.92 Å². The van der Waals surface area contributed by atoms with Crippen LogP contribution in [0.1, 0.15) is 46.0 Å². The highest BCUT2D eigenvalue weighted by molar-refractivity contribution is 5.66. The summed E-state index contributed by atoms with van der Waals surface area (Å²) in [5.74, 6) is -0.476. The van der Waals surface area contributed by atoms with E-state index in [1.54, 1.807) is 0 Å². The first kappa shape index (κ1) is 16.0. The molecule has 0 aliphatic carbocycles. The van der Waals surface area contributed by atoms with Crippen LogP contribution in [-0.4, -0.2) is 24.3 Å². The maximum absolute atomic E-state index is 10.4. The smallest absolute Gasteiger partial charge is 0.305 e. The molecular weight excluding hydrogens is 216 g/mol. The number of hydrogen-bond acceptors (Lipinski definition) is 2. The van der Waals surface area contributed by atoms with Crippen molar-refractivity contribution in [1.29, 1.82) is 0 Å². The van der Waals surface area contributed by atoms with Crippen LogP contribution in [-0.2, 0) is 9.53 Å². The van der Waals surface area contributed by atoms with Gasteiger partial charge in [0.15, 0.2) is 0 Å². The summed E-state index contributed by atoms with van der Waals surface area (Å²) in [5.41, 5.74) is 4.22. The van der Waals surface area contributed by atoms with E-state index in [4.69, 9.17) is 9.84 Å². The lowest BCUT2D eigenvalue weighted by molar-refractivity contribution is -0.138. The molecule has 0 heterocycles. The van der Waals surface area contributed by atoms with Crippen LogP contribution in [0.5, 0.6) is 0 Å². The molecule has 0 bridgehead atoms. The number of rotatable bonds is 10. The molecule has 1 N–H and O–H groups in total. The Balaban J connectivity index is 4.13. The monoisotopic (exact) mass is 240 g/mol. The molecule has 0 amide bonds. The Kier molecular flexibility index (Phi) is 9.50. The molecule has 0 saturated heterocycles. The van der Waals surface area contributed by atoms with Crippen molar-refractivity contribution in [3.8, 4) is 0 Å². The number of hydrogen-bond donors (Lipinski definition) is 1. The number of carboxylic acids is 1. The van der Waals surface area contributed by atoms with E-state index >= 15 is 0 Å². The largest absolute Gasteiger partial charge is 0.481 e. The average molecular weight is 240 g/mol. The van der Waals surface area contributed by atoms with Crippen LogP contribution < -0.4 is 0 Å². The zero-order valence-electron chi connectivity index (χ0n) is 11.0. The van der Waals surface area contributed by atoms with Gasteiger partial charge in [-0.25, -0.2) is 0 Å². The lowest BCUT2D eigenvalue weighted by Crippen LogP contribution is -2.14. The summed E-state index contributed by atoms with van der Waals surface area (Å²) in [7, 11) is 0. The molecule has 0 radical (unpaired) electrons. The minimum atomic E-state index is -0.815. The number of ether oxygens (including phenoxy) is 1. The van der Waals surface area contributed by atoms with Crippen molar-refractivity contribution < 1.29 is 14.6 Å². The van der Waals surface area contributed by atoms with Crippen LogP contribution in [0.3, 0.4) is 0 Å². The van der Waals surface area contributed by atoms with Gasteiger partial charge >= 0.3 is 5.97 Å². The van der Waals surface area contributed by atoms with Gasteiger partial charge in [-0.05, 0) is 18.4 Å². The van der Waals surface area contributed by atoms with Gasteiger partial charge in [0.25, 0.3) is 0 Å². The zero-order chi connectivity index (χ0) is 13.1. The molecule has 0 aliphatic rings. The van der Waals surface area contributed by atoms with Gasteiger partial charge in [-0.1, -0.05) is 33.3 Å². The maximum Gasteiger partial charge on any atom is 0.305 e. The van der Waals surface area contributed by atoms with Gasteiger partial charge in [0.1, 0.15) is 0 Å². The van der Waals surface area contributed by atoms with E-state index in [9.17, 15) is 4.79 Å². The summed E-state index contributed by atoms with van der Waals surface area (Å²) in [6.45, 7) is 8.86. The minimum Gasteiger partial charge on any atom is -0.481 e. The predicted octanol–water partition coefficient (Wildman–Crippen LogP) is 3.41. The van der Waals surface area contributed by atoms with E-state index in [0.717, 1.165) is 25.7 Å². The molecule has 0 aromatic heterocycles. The predicted molar refractivity (Wildman–Crippen MR) is 69.0 cm³/mol. The Morgan fingerprint density at radius 2 is 2.06 bits per heavy atom. The number of carboxylic acid groups (broad SMARTS) is 1. The van der Waals surface area contributed by atoms with E-state index in [1.807, 2.05) is 0 Å². The average Bonchev–Trinajstić information content (AvgIpc) is 2.30. The van der Waals surface area contributed by atoms with Crippen molar-refractivity contribution >= 4 is 5.97 Å². The third kappa shape index (κ3) is 7.78. The lowest BCUT2D eigenvalue weighted by Gasteiger charge is -2.18. The van der Waals surface area contributed by atoms with Gasteiger partial charge in [0, 0.05) is 5.92 Å². The van der Waals surface area contributed by atoms with Crippen molar-refractivity contribution in [1.82, 2.24) is 0 Å². The molecule has 0 saturated carbocycles. The molecule has 1 unspecified atom stereocenters. The first-order valence-electron chi connectivity index (χ1n) is 6.34. The molecule has 17 heavy (non-hydrogen) atoms. The minimum absolute atomic E-state index is 0.0692. The second-order valence-electron chi connectivity index (χ2n) is 4.16. The third-order valence-electron chi connectivity index (χ3n) is 2.66. The van der Waals surface area contributed by atoms with Crippen LogP contribution in [0, 0.1) is 5.92 Å². The molecule has 0 fully saturated rings. The quantitative estimate of drug-likeness (QED) is 0.470. The van der Waals surface area contributed by atoms with Gasteiger partial charge in [-0.2, -0.15) is 0 Å². The Hall–Kier alpha value is -1.05. The molecular formula is C14H24O3. The van der Waals surface area contributed by atoms with Crippen molar-refractivity contribution in [2.75, 3.05) is 13.2 Å². The Bertz CT molecular complexity index is 265. The van der Waals surface area contributed by atoms with Gasteiger partial charge in [0.2, 0.25) is 0 Å². The summed E-state index contributed by atoms with van der Waals surface area (Å²) in [6, 6.07) is 0. The van der Waals surface area contributed by atoms with Gasteiger partial charge in [0.05, 0.1) is 19.6 Å². The SMILES string of the molecule is C=C=C(CCC)C(CCC)COCCC(=O)O. The summed E-state index contributed by atoms with van der Waals surface area (Å²) in [5, 5.41) is 8.51. The van der Waals surface area contributed by atoms with Gasteiger partial charge in [-0.15, -0.1) is 5.73 Å². The molecule has 0 spiro atoms. The fraction of sp³-hybridized carbons (Fsp3) is 0.714. The lowest BCUT2D eigenvalue weighted by atomic mass is 9.92. The second-order valence-corrected chi connectivity index (χ2v) is 4.16. The Labute approximate surface area is 104 Å². The van der Waals surface area contributed by atoms with E-state index in [-0.39, 0.29) is 13.0 Å². The first-order valence-corrected chi connectivity index (χ1v) is 6.34. The van der Waals surface area contributed by atoms with Crippen LogP contribution in [0.25, 0.3) is 0 Å². The highest BCUT2D eigenvalue weighted by Crippen LogP contribution is 2.21. The number of carbonyl (C=O) groups is 1. The Morgan fingerprint density at radius 1 is 1.35 bits per heavy atom. The van der Waals surface area contributed by atoms with E-state index in [0.29, 0.717) is 12.5 Å². The highest BCUT2D eigenvalue weighted by Gasteiger charge is 2.13. The molecule has 0 aromatic rings. The fourth-order valence-corrected chi connectivity index (χ4v) is 1.80. The topological polar surface area (TPSA) is 46.5 Å². The van der Waals surface area contributed by atoms with E-state index < -0.39 is 5.97 Å². The molecule has 3 heteroatoms. The molecule has 0 rings (SSSR count). The molecule has 3 nitrogen and oxygen atoms in total. The summed E-state index contributed by atoms with van der Waals surface area (Å²) in [4.78, 5) is 10.4. The first-order chi connectivity index (χ1) is 8.15. The highest BCUT2D eigenvalue weighted by atomic mass is 16.5. The normalized spacial score (nSPS) is 11.9. The summed E-state index contributed by atoms with van der Waals surface area (Å²) >= 11 is 0. The van der Waals surface area contributed by atoms with Crippen molar-refractivity contribution in [3.05, 3.63) is 17.9 Å². The van der Waals surface area contributed by atoms with Crippen LogP contribution in [0.4, 0.5) is 0 Å². The van der Waals surface area contributed by atoms with Crippen LogP contribution >= 0.6 is 0 Å². The molecule has 1 atom stereocenters. The summed E-state index contributed by atoms with van der Waals surface area (Å²) < 4.78 is 5.42. The van der Waals surface area contributed by atoms with Crippen molar-refractivity contribution in [2.45, 2.75) is 46.0 Å². The zero-order valence-corrected chi connectivity index (χ0v) is 11.0. The van der Waals surface area contributed by atoms with Crippen LogP contribution in [0.2, 0.25) is 0 Å². The van der Waals surface area contributed by atoms with Crippen molar-refractivity contribution in [3.63, 3.8) is 0 Å². The third-order valence-corrected chi connectivity index (χ3v) is 2.66. The fourth-order valence-electron chi connectivity index (χ4n) is 1.80. The van der Waals surface area contributed by atoms with Crippen LogP contribution in [0.15, 0.2) is 17.9 Å². The molecule has 98 valence electrons. The van der Waals surface area contributed by atoms with E-state index in [2.05, 4.69) is 26.2 Å².